The van der Waals surface area contributed by atoms with E-state index in [0.29, 0.717) is 13.1 Å². The highest BCUT2D eigenvalue weighted by Crippen LogP contribution is 2.14. The molecular weight excluding hydrogens is 220 g/mol. The maximum atomic E-state index is 11.4. The number of nitrogens with one attached hydrogen (secondary N) is 1. The first-order chi connectivity index (χ1) is 6.80. The highest BCUT2D eigenvalue weighted by Gasteiger charge is 2.33. The first kappa shape index (κ1) is 12.4. The molecule has 0 amide bonds. The van der Waals surface area contributed by atoms with E-state index in [4.69, 9.17) is 5.11 Å². The molecule has 0 radical (unpaired) electrons. The molecule has 7 heteroatoms. The van der Waals surface area contributed by atoms with E-state index < -0.39 is 22.0 Å². The number of nitrogens with zero attached hydrogens (tertiary/aromatic N) is 1. The van der Waals surface area contributed by atoms with Gasteiger partial charge >= 0.3 is 5.97 Å². The second-order valence-electron chi connectivity index (χ2n) is 3.89. The summed E-state index contributed by atoms with van der Waals surface area (Å²) in [6, 6.07) is -0.418. The van der Waals surface area contributed by atoms with Gasteiger partial charge in [-0.1, -0.05) is 0 Å². The van der Waals surface area contributed by atoms with Crippen LogP contribution in [0.25, 0.3) is 0 Å². The highest BCUT2D eigenvalue weighted by molar-refractivity contribution is 7.88. The van der Waals surface area contributed by atoms with Gasteiger partial charge in [0.1, 0.15) is 0 Å². The molecule has 0 bridgehead atoms. The van der Waals surface area contributed by atoms with E-state index >= 15 is 0 Å². The van der Waals surface area contributed by atoms with Crippen molar-refractivity contribution >= 4 is 16.0 Å². The molecule has 1 aliphatic heterocycles. The zero-order valence-electron chi connectivity index (χ0n) is 8.80. The predicted octanol–water partition coefficient (Wildman–Crippen LogP) is -0.917. The minimum Gasteiger partial charge on any atom is -0.481 e. The molecule has 1 heterocycles. The van der Waals surface area contributed by atoms with Crippen LogP contribution in [0.2, 0.25) is 0 Å². The lowest BCUT2D eigenvalue weighted by atomic mass is 10.1. The minimum absolute atomic E-state index is 0.0600. The van der Waals surface area contributed by atoms with Crippen LogP contribution in [0.3, 0.4) is 0 Å². The lowest BCUT2D eigenvalue weighted by Crippen LogP contribution is -2.57. The molecule has 1 rings (SSSR count). The standard InChI is InChI=1S/C8H16N2O4S/c1-6-5-10(15(2,13)14)7(4-9-6)3-8(11)12/h6-7,9H,3-5H2,1-2H3,(H,11,12). The largest absolute Gasteiger partial charge is 0.481 e. The van der Waals surface area contributed by atoms with Crippen LogP contribution in [0.4, 0.5) is 0 Å². The molecular formula is C8H16N2O4S. The molecule has 1 saturated heterocycles. The lowest BCUT2D eigenvalue weighted by Gasteiger charge is -2.36. The van der Waals surface area contributed by atoms with Gasteiger partial charge in [-0.15, -0.1) is 0 Å². The number of hydrogen-bond acceptors (Lipinski definition) is 4. The Kier molecular flexibility index (Phi) is 3.69. The van der Waals surface area contributed by atoms with Crippen molar-refractivity contribution in [1.29, 1.82) is 0 Å². The highest BCUT2D eigenvalue weighted by atomic mass is 32.2. The Morgan fingerprint density at radius 2 is 2.20 bits per heavy atom. The molecule has 0 aromatic heterocycles. The van der Waals surface area contributed by atoms with Crippen LogP contribution in [0.15, 0.2) is 0 Å². The Labute approximate surface area is 89.3 Å². The van der Waals surface area contributed by atoms with Crippen molar-refractivity contribution in [1.82, 2.24) is 9.62 Å². The maximum absolute atomic E-state index is 11.4. The zero-order valence-corrected chi connectivity index (χ0v) is 9.62. The first-order valence-corrected chi connectivity index (χ1v) is 6.57. The molecule has 1 fully saturated rings. The summed E-state index contributed by atoms with van der Waals surface area (Å²) in [6.07, 6.45) is 0.951. The van der Waals surface area contributed by atoms with Gasteiger partial charge in [-0.05, 0) is 6.92 Å². The van der Waals surface area contributed by atoms with Crippen molar-refractivity contribution in [2.24, 2.45) is 0 Å². The fourth-order valence-corrected chi connectivity index (χ4v) is 2.89. The van der Waals surface area contributed by atoms with E-state index in [0.717, 1.165) is 6.26 Å². The Morgan fingerprint density at radius 3 is 2.67 bits per heavy atom. The molecule has 88 valence electrons. The second kappa shape index (κ2) is 4.46. The average molecular weight is 236 g/mol. The quantitative estimate of drug-likeness (QED) is 0.662. The van der Waals surface area contributed by atoms with Gasteiger partial charge in [-0.2, -0.15) is 4.31 Å². The van der Waals surface area contributed by atoms with Gasteiger partial charge in [-0.25, -0.2) is 8.42 Å². The van der Waals surface area contributed by atoms with Crippen LogP contribution >= 0.6 is 0 Å². The van der Waals surface area contributed by atoms with Crippen molar-refractivity contribution in [2.45, 2.75) is 25.4 Å². The minimum atomic E-state index is -3.32. The summed E-state index contributed by atoms with van der Waals surface area (Å²) in [5.74, 6) is -0.981. The van der Waals surface area contributed by atoms with Crippen LogP contribution < -0.4 is 5.32 Å². The third-order valence-electron chi connectivity index (χ3n) is 2.40. The van der Waals surface area contributed by atoms with E-state index in [1.165, 1.54) is 4.31 Å². The molecule has 0 aliphatic carbocycles. The van der Waals surface area contributed by atoms with Gasteiger partial charge in [0.2, 0.25) is 10.0 Å². The fourth-order valence-electron chi connectivity index (χ4n) is 1.70. The van der Waals surface area contributed by atoms with Crippen LogP contribution in [-0.4, -0.2) is 55.2 Å². The Balaban J connectivity index is 2.80. The van der Waals surface area contributed by atoms with Crippen molar-refractivity contribution in [3.63, 3.8) is 0 Å². The number of sulfonamides is 1. The van der Waals surface area contributed by atoms with E-state index in [2.05, 4.69) is 5.32 Å². The molecule has 0 spiro atoms. The van der Waals surface area contributed by atoms with Crippen LogP contribution in [0.1, 0.15) is 13.3 Å². The Hall–Kier alpha value is -0.660. The fraction of sp³-hybridized carbons (Fsp3) is 0.875. The average Bonchev–Trinajstić information content (AvgIpc) is 2.05. The molecule has 2 atom stereocenters. The second-order valence-corrected chi connectivity index (χ2v) is 5.83. The summed E-state index contributed by atoms with van der Waals surface area (Å²) in [4.78, 5) is 10.6. The third-order valence-corrected chi connectivity index (χ3v) is 3.70. The van der Waals surface area contributed by atoms with E-state index in [-0.39, 0.29) is 12.5 Å². The number of aliphatic carboxylic acids is 1. The lowest BCUT2D eigenvalue weighted by molar-refractivity contribution is -0.138. The number of carboxylic acid groups (broad SMARTS) is 1. The van der Waals surface area contributed by atoms with E-state index in [1.54, 1.807) is 0 Å². The summed E-state index contributed by atoms with van der Waals surface area (Å²) in [5.41, 5.74) is 0. The van der Waals surface area contributed by atoms with E-state index in [1.807, 2.05) is 6.92 Å². The van der Waals surface area contributed by atoms with E-state index in [9.17, 15) is 13.2 Å². The first-order valence-electron chi connectivity index (χ1n) is 4.72. The molecule has 15 heavy (non-hydrogen) atoms. The summed E-state index contributed by atoms with van der Waals surface area (Å²) in [5, 5.41) is 11.7. The number of carbonyl (C=O) groups is 1. The van der Waals surface area contributed by atoms with Gasteiger partial charge < -0.3 is 10.4 Å². The summed E-state index contributed by atoms with van der Waals surface area (Å²) >= 11 is 0. The Bertz CT molecular complexity index is 341. The number of hydrogen-bond donors (Lipinski definition) is 2. The van der Waals surface area contributed by atoms with Gasteiger partial charge in [-0.3, -0.25) is 4.79 Å². The summed E-state index contributed by atoms with van der Waals surface area (Å²) in [6.45, 7) is 2.59. The maximum Gasteiger partial charge on any atom is 0.305 e. The molecule has 0 saturated carbocycles. The molecule has 2 unspecified atom stereocenters. The van der Waals surface area contributed by atoms with Crippen LogP contribution in [-0.2, 0) is 14.8 Å². The predicted molar refractivity (Wildman–Crippen MR) is 55.1 cm³/mol. The number of rotatable bonds is 3. The van der Waals surface area contributed by atoms with Gasteiger partial charge in [0, 0.05) is 25.2 Å². The molecule has 0 aromatic rings. The van der Waals surface area contributed by atoms with Crippen molar-refractivity contribution in [3.05, 3.63) is 0 Å². The van der Waals surface area contributed by atoms with Gasteiger partial charge in [0.05, 0.1) is 12.7 Å². The topological polar surface area (TPSA) is 86.7 Å². The Morgan fingerprint density at radius 1 is 1.60 bits per heavy atom. The van der Waals surface area contributed by atoms with Crippen molar-refractivity contribution in [3.8, 4) is 0 Å². The molecule has 2 N–H and O–H groups in total. The monoisotopic (exact) mass is 236 g/mol. The summed E-state index contributed by atoms with van der Waals surface area (Å²) < 4.78 is 24.1. The molecule has 6 nitrogen and oxygen atoms in total. The van der Waals surface area contributed by atoms with Crippen molar-refractivity contribution < 1.29 is 18.3 Å². The van der Waals surface area contributed by atoms with Gasteiger partial charge in [0.25, 0.3) is 0 Å². The third kappa shape index (κ3) is 3.44. The van der Waals surface area contributed by atoms with Crippen LogP contribution in [0.5, 0.6) is 0 Å². The normalized spacial score (nSPS) is 28.9. The smallest absolute Gasteiger partial charge is 0.305 e. The summed E-state index contributed by atoms with van der Waals surface area (Å²) in [7, 11) is -3.32. The molecule has 1 aliphatic rings. The van der Waals surface area contributed by atoms with Gasteiger partial charge in [0.15, 0.2) is 0 Å². The zero-order chi connectivity index (χ0) is 11.6. The number of carboxylic acids is 1. The molecule has 0 aromatic carbocycles. The number of piperazine rings is 1. The van der Waals surface area contributed by atoms with Crippen LogP contribution in [0, 0.1) is 0 Å². The van der Waals surface area contributed by atoms with Crippen molar-refractivity contribution in [2.75, 3.05) is 19.3 Å². The SMILES string of the molecule is CC1CN(S(C)(=O)=O)C(CC(=O)O)CN1.